The van der Waals surface area contributed by atoms with Crippen molar-refractivity contribution in [3.8, 4) is 0 Å². The van der Waals surface area contributed by atoms with Gasteiger partial charge in [-0.15, -0.1) is 11.3 Å². The van der Waals surface area contributed by atoms with Crippen LogP contribution in [0.2, 0.25) is 0 Å². The molecule has 2 rings (SSSR count). The minimum Gasteiger partial charge on any atom is -0.310 e. The molecule has 0 aliphatic heterocycles. The van der Waals surface area contributed by atoms with Gasteiger partial charge >= 0.3 is 0 Å². The van der Waals surface area contributed by atoms with Gasteiger partial charge in [0.15, 0.2) is 0 Å². The molecule has 0 bridgehead atoms. The summed E-state index contributed by atoms with van der Waals surface area (Å²) < 4.78 is 1.24. The predicted molar refractivity (Wildman–Crippen MR) is 56.6 cm³/mol. The zero-order valence-corrected chi connectivity index (χ0v) is 9.46. The molecule has 1 aliphatic rings. The van der Waals surface area contributed by atoms with Crippen molar-refractivity contribution in [1.82, 2.24) is 5.32 Å². The van der Waals surface area contributed by atoms with Crippen molar-refractivity contribution in [2.45, 2.75) is 24.8 Å². The van der Waals surface area contributed by atoms with Crippen molar-refractivity contribution >= 4 is 27.3 Å². The third-order valence-electron chi connectivity index (χ3n) is 2.73. The van der Waals surface area contributed by atoms with Crippen molar-refractivity contribution in [3.05, 3.63) is 20.8 Å². The summed E-state index contributed by atoms with van der Waals surface area (Å²) in [5.41, 5.74) is 0.316. The molecule has 1 fully saturated rings. The Hall–Kier alpha value is 0.140. The number of rotatable bonds is 2. The normalized spacial score (nSPS) is 20.5. The van der Waals surface area contributed by atoms with E-state index in [0.29, 0.717) is 5.54 Å². The quantitative estimate of drug-likeness (QED) is 0.845. The SMILES string of the molecule is CNC1(c2ccc(Br)s2)CCC1. The van der Waals surface area contributed by atoms with E-state index in [-0.39, 0.29) is 0 Å². The van der Waals surface area contributed by atoms with Crippen LogP contribution in [0.3, 0.4) is 0 Å². The Morgan fingerprint density at radius 2 is 2.25 bits per heavy atom. The highest BCUT2D eigenvalue weighted by Gasteiger charge is 2.37. The van der Waals surface area contributed by atoms with Crippen LogP contribution in [-0.2, 0) is 5.54 Å². The van der Waals surface area contributed by atoms with Crippen LogP contribution >= 0.6 is 27.3 Å². The number of thiophene rings is 1. The van der Waals surface area contributed by atoms with E-state index in [0.717, 1.165) is 0 Å². The van der Waals surface area contributed by atoms with Crippen LogP contribution in [-0.4, -0.2) is 7.05 Å². The Kier molecular flexibility index (Phi) is 2.27. The lowest BCUT2D eigenvalue weighted by Gasteiger charge is -2.41. The highest BCUT2D eigenvalue weighted by atomic mass is 79.9. The van der Waals surface area contributed by atoms with Gasteiger partial charge in [-0.2, -0.15) is 0 Å². The first-order chi connectivity index (χ1) is 5.77. The maximum Gasteiger partial charge on any atom is 0.0702 e. The first kappa shape index (κ1) is 8.73. The van der Waals surface area contributed by atoms with Gasteiger partial charge in [-0.25, -0.2) is 0 Å². The molecule has 0 radical (unpaired) electrons. The molecule has 0 amide bonds. The summed E-state index contributed by atoms with van der Waals surface area (Å²) in [6.45, 7) is 0. The summed E-state index contributed by atoms with van der Waals surface area (Å²) in [6, 6.07) is 4.36. The van der Waals surface area contributed by atoms with Crippen molar-refractivity contribution < 1.29 is 0 Å². The molecular weight excluding hydrogens is 234 g/mol. The second-order valence-corrected chi connectivity index (χ2v) is 5.75. The first-order valence-corrected chi connectivity index (χ1v) is 5.82. The van der Waals surface area contributed by atoms with Crippen molar-refractivity contribution in [2.75, 3.05) is 7.05 Å². The molecule has 0 saturated heterocycles. The second-order valence-electron chi connectivity index (χ2n) is 3.29. The van der Waals surface area contributed by atoms with Gasteiger partial charge in [-0.05, 0) is 54.4 Å². The van der Waals surface area contributed by atoms with Gasteiger partial charge in [0, 0.05) is 4.88 Å². The summed E-state index contributed by atoms with van der Waals surface area (Å²) in [6.07, 6.45) is 3.93. The van der Waals surface area contributed by atoms with Gasteiger partial charge in [-0.1, -0.05) is 0 Å². The zero-order valence-electron chi connectivity index (χ0n) is 7.06. The van der Waals surface area contributed by atoms with Gasteiger partial charge in [0.25, 0.3) is 0 Å². The van der Waals surface area contributed by atoms with Crippen LogP contribution < -0.4 is 5.32 Å². The average molecular weight is 246 g/mol. The Balaban J connectivity index is 2.27. The molecule has 1 N–H and O–H groups in total. The molecule has 1 aromatic rings. The van der Waals surface area contributed by atoms with E-state index in [2.05, 4.69) is 40.4 Å². The predicted octanol–water partition coefficient (Wildman–Crippen LogP) is 3.11. The van der Waals surface area contributed by atoms with Gasteiger partial charge < -0.3 is 5.32 Å². The molecule has 0 aromatic carbocycles. The van der Waals surface area contributed by atoms with Crippen LogP contribution in [0.5, 0.6) is 0 Å². The summed E-state index contributed by atoms with van der Waals surface area (Å²) in [5.74, 6) is 0. The Labute approximate surface area is 85.3 Å². The third-order valence-corrected chi connectivity index (χ3v) is 4.56. The summed E-state index contributed by atoms with van der Waals surface area (Å²) in [5, 5.41) is 3.43. The standard InChI is InChI=1S/C9H12BrNS/c1-11-9(5-2-6-9)7-3-4-8(10)12-7/h3-4,11H,2,5-6H2,1H3. The smallest absolute Gasteiger partial charge is 0.0702 e. The van der Waals surface area contributed by atoms with Crippen LogP contribution in [0.4, 0.5) is 0 Å². The molecule has 1 aromatic heterocycles. The number of hydrogen-bond donors (Lipinski definition) is 1. The lowest BCUT2D eigenvalue weighted by atomic mass is 9.76. The minimum atomic E-state index is 0.316. The Bertz CT molecular complexity index is 272. The highest BCUT2D eigenvalue weighted by molar-refractivity contribution is 9.11. The van der Waals surface area contributed by atoms with Crippen LogP contribution in [0, 0.1) is 0 Å². The molecule has 1 aliphatic carbocycles. The van der Waals surface area contributed by atoms with Crippen LogP contribution in [0.15, 0.2) is 15.9 Å². The summed E-state index contributed by atoms with van der Waals surface area (Å²) in [7, 11) is 2.06. The fourth-order valence-corrected chi connectivity index (χ4v) is 3.36. The van der Waals surface area contributed by atoms with E-state index in [1.807, 2.05) is 11.3 Å². The number of halogens is 1. The topological polar surface area (TPSA) is 12.0 Å². The van der Waals surface area contributed by atoms with Crippen LogP contribution in [0.1, 0.15) is 24.1 Å². The van der Waals surface area contributed by atoms with Crippen molar-refractivity contribution in [2.24, 2.45) is 0 Å². The largest absolute Gasteiger partial charge is 0.310 e. The molecule has 1 nitrogen and oxygen atoms in total. The third kappa shape index (κ3) is 1.24. The van der Waals surface area contributed by atoms with Crippen molar-refractivity contribution in [3.63, 3.8) is 0 Å². The van der Waals surface area contributed by atoms with E-state index in [4.69, 9.17) is 0 Å². The minimum absolute atomic E-state index is 0.316. The monoisotopic (exact) mass is 245 g/mol. The van der Waals surface area contributed by atoms with Gasteiger partial charge in [-0.3, -0.25) is 0 Å². The van der Waals surface area contributed by atoms with E-state index in [1.54, 1.807) is 0 Å². The average Bonchev–Trinajstić information content (AvgIpc) is 2.35. The van der Waals surface area contributed by atoms with E-state index in [1.165, 1.54) is 27.9 Å². The Morgan fingerprint density at radius 3 is 2.58 bits per heavy atom. The second kappa shape index (κ2) is 3.13. The highest BCUT2D eigenvalue weighted by Crippen LogP contribution is 2.44. The number of nitrogens with one attached hydrogen (secondary N) is 1. The Morgan fingerprint density at radius 1 is 1.50 bits per heavy atom. The summed E-state index contributed by atoms with van der Waals surface area (Å²) >= 11 is 5.35. The molecule has 0 spiro atoms. The first-order valence-electron chi connectivity index (χ1n) is 4.22. The molecular formula is C9H12BrNS. The maximum absolute atomic E-state index is 3.50. The number of hydrogen-bond acceptors (Lipinski definition) is 2. The van der Waals surface area contributed by atoms with E-state index < -0.39 is 0 Å². The van der Waals surface area contributed by atoms with E-state index in [9.17, 15) is 0 Å². The summed E-state index contributed by atoms with van der Waals surface area (Å²) in [4.78, 5) is 1.48. The van der Waals surface area contributed by atoms with Gasteiger partial charge in [0.1, 0.15) is 0 Å². The van der Waals surface area contributed by atoms with Gasteiger partial charge in [0.2, 0.25) is 0 Å². The molecule has 3 heteroatoms. The molecule has 0 unspecified atom stereocenters. The molecule has 12 heavy (non-hydrogen) atoms. The molecule has 0 atom stereocenters. The lowest BCUT2D eigenvalue weighted by Crippen LogP contribution is -2.45. The molecule has 1 heterocycles. The fraction of sp³-hybridized carbons (Fsp3) is 0.556. The molecule has 66 valence electrons. The lowest BCUT2D eigenvalue weighted by molar-refractivity contribution is 0.206. The zero-order chi connectivity index (χ0) is 8.60. The van der Waals surface area contributed by atoms with Crippen molar-refractivity contribution in [1.29, 1.82) is 0 Å². The fourth-order valence-electron chi connectivity index (χ4n) is 1.72. The van der Waals surface area contributed by atoms with Crippen LogP contribution in [0.25, 0.3) is 0 Å². The van der Waals surface area contributed by atoms with E-state index >= 15 is 0 Å². The molecule has 1 saturated carbocycles. The van der Waals surface area contributed by atoms with Gasteiger partial charge in [0.05, 0.1) is 9.33 Å². The maximum atomic E-state index is 3.50.